The van der Waals surface area contributed by atoms with Crippen LogP contribution >= 0.6 is 11.3 Å². The zero-order valence-corrected chi connectivity index (χ0v) is 10.6. The van der Waals surface area contributed by atoms with Crippen molar-refractivity contribution in [1.82, 2.24) is 9.97 Å². The number of carbonyl (C=O) groups excluding carboxylic acids is 1. The Balaban J connectivity index is 2.07. The Morgan fingerprint density at radius 2 is 2.44 bits per heavy atom. The topological polar surface area (TPSA) is 66.9 Å². The zero-order valence-electron chi connectivity index (χ0n) is 9.80. The van der Waals surface area contributed by atoms with Crippen LogP contribution in [0.4, 0.5) is 10.9 Å². The molecule has 18 heavy (non-hydrogen) atoms. The molecule has 0 fully saturated rings. The second-order valence-corrected chi connectivity index (χ2v) is 5.10. The maximum Gasteiger partial charge on any atom is 0.226 e. The van der Waals surface area contributed by atoms with E-state index in [-0.39, 0.29) is 11.8 Å². The number of aromatic nitrogens is 2. The molecular weight excluding hydrogens is 248 g/mol. The molecular formula is C12H12N4OS. The maximum absolute atomic E-state index is 11.7. The van der Waals surface area contributed by atoms with Crippen molar-refractivity contribution in [2.45, 2.75) is 12.3 Å². The summed E-state index contributed by atoms with van der Waals surface area (Å²) in [7, 11) is 1.82. The number of thiazole rings is 1. The average Bonchev–Trinajstić information content (AvgIpc) is 2.81. The van der Waals surface area contributed by atoms with Crippen molar-refractivity contribution in [3.63, 3.8) is 0 Å². The molecule has 0 spiro atoms. The summed E-state index contributed by atoms with van der Waals surface area (Å²) in [6.07, 6.45) is 3.99. The van der Waals surface area contributed by atoms with Gasteiger partial charge >= 0.3 is 0 Å². The fourth-order valence-electron chi connectivity index (χ4n) is 2.08. The van der Waals surface area contributed by atoms with Crippen LogP contribution in [0, 0.1) is 0 Å². The van der Waals surface area contributed by atoms with Crippen molar-refractivity contribution in [2.75, 3.05) is 17.7 Å². The van der Waals surface area contributed by atoms with Crippen LogP contribution in [0.5, 0.6) is 0 Å². The number of nitrogens with zero attached hydrogens (tertiary/aromatic N) is 2. The summed E-state index contributed by atoms with van der Waals surface area (Å²) in [5.74, 6) is 0.737. The quantitative estimate of drug-likeness (QED) is 0.867. The van der Waals surface area contributed by atoms with Crippen LogP contribution in [0.1, 0.15) is 22.8 Å². The first-order valence-corrected chi connectivity index (χ1v) is 6.48. The largest absolute Gasteiger partial charge is 0.365 e. The van der Waals surface area contributed by atoms with Gasteiger partial charge in [0, 0.05) is 31.8 Å². The molecule has 0 saturated carbocycles. The van der Waals surface area contributed by atoms with Crippen LogP contribution in [0.3, 0.4) is 0 Å². The average molecular weight is 260 g/mol. The SMILES string of the molecule is CNc1nc2c(s1)C(c1cccnc1)CC(=O)N2. The normalized spacial score (nSPS) is 18.1. The van der Waals surface area contributed by atoms with Crippen molar-refractivity contribution in [3.8, 4) is 0 Å². The van der Waals surface area contributed by atoms with Crippen molar-refractivity contribution < 1.29 is 4.79 Å². The summed E-state index contributed by atoms with van der Waals surface area (Å²) >= 11 is 1.58. The Hall–Kier alpha value is -1.95. The standard InChI is InChI=1S/C12H12N4OS/c1-13-12-16-11-10(18-12)8(5-9(17)15-11)7-3-2-4-14-6-7/h2-4,6,8H,5H2,1H3,(H,13,16)(H,15,17). The third kappa shape index (κ3) is 1.84. The van der Waals surface area contributed by atoms with Crippen molar-refractivity contribution in [2.24, 2.45) is 0 Å². The molecule has 6 heteroatoms. The molecule has 2 N–H and O–H groups in total. The molecule has 1 aliphatic rings. The highest BCUT2D eigenvalue weighted by Gasteiger charge is 2.30. The van der Waals surface area contributed by atoms with E-state index in [1.54, 1.807) is 17.5 Å². The first kappa shape index (κ1) is 11.2. The molecule has 0 aliphatic carbocycles. The molecule has 1 atom stereocenters. The van der Waals surface area contributed by atoms with Gasteiger partial charge in [-0.05, 0) is 11.6 Å². The molecule has 1 unspecified atom stereocenters. The van der Waals surface area contributed by atoms with Gasteiger partial charge in [-0.2, -0.15) is 0 Å². The lowest BCUT2D eigenvalue weighted by Crippen LogP contribution is -2.22. The molecule has 2 aromatic rings. The van der Waals surface area contributed by atoms with Gasteiger partial charge in [-0.1, -0.05) is 17.4 Å². The minimum absolute atomic E-state index is 0.00399. The van der Waals surface area contributed by atoms with E-state index in [0.29, 0.717) is 12.2 Å². The number of nitrogens with one attached hydrogen (secondary N) is 2. The Labute approximate surface area is 108 Å². The highest BCUT2D eigenvalue weighted by molar-refractivity contribution is 7.16. The fourth-order valence-corrected chi connectivity index (χ4v) is 3.08. The van der Waals surface area contributed by atoms with E-state index in [9.17, 15) is 4.79 Å². The predicted octanol–water partition coefficient (Wildman–Crippen LogP) is 2.05. The zero-order chi connectivity index (χ0) is 12.5. The van der Waals surface area contributed by atoms with Crippen LogP contribution in [0.2, 0.25) is 0 Å². The summed E-state index contributed by atoms with van der Waals surface area (Å²) in [5, 5.41) is 6.64. The Bertz CT molecular complexity index is 581. The van der Waals surface area contributed by atoms with E-state index in [1.165, 1.54) is 0 Å². The molecule has 0 saturated heterocycles. The van der Waals surface area contributed by atoms with Gasteiger partial charge in [0.25, 0.3) is 0 Å². The number of hydrogen-bond donors (Lipinski definition) is 2. The lowest BCUT2D eigenvalue weighted by molar-refractivity contribution is -0.116. The van der Waals surface area contributed by atoms with E-state index < -0.39 is 0 Å². The van der Waals surface area contributed by atoms with Gasteiger partial charge in [-0.3, -0.25) is 9.78 Å². The van der Waals surface area contributed by atoms with Crippen LogP contribution in [0.25, 0.3) is 0 Å². The molecule has 2 aromatic heterocycles. The summed E-state index contributed by atoms with van der Waals surface area (Å²) in [4.78, 5) is 21.3. The summed E-state index contributed by atoms with van der Waals surface area (Å²) in [5.41, 5.74) is 1.06. The van der Waals surface area contributed by atoms with Gasteiger partial charge in [0.15, 0.2) is 5.13 Å². The lowest BCUT2D eigenvalue weighted by Gasteiger charge is -2.21. The smallest absolute Gasteiger partial charge is 0.226 e. The minimum atomic E-state index is 0.00399. The summed E-state index contributed by atoms with van der Waals surface area (Å²) in [6.45, 7) is 0. The number of pyridine rings is 1. The summed E-state index contributed by atoms with van der Waals surface area (Å²) in [6, 6.07) is 3.89. The second-order valence-electron chi connectivity index (χ2n) is 4.07. The number of amides is 1. The molecule has 3 rings (SSSR count). The van der Waals surface area contributed by atoms with Gasteiger partial charge in [-0.25, -0.2) is 4.98 Å². The molecule has 1 amide bonds. The molecule has 92 valence electrons. The molecule has 3 heterocycles. The third-order valence-corrected chi connectivity index (χ3v) is 4.10. The van der Waals surface area contributed by atoms with Gasteiger partial charge in [-0.15, -0.1) is 0 Å². The lowest BCUT2D eigenvalue weighted by atomic mass is 9.93. The van der Waals surface area contributed by atoms with E-state index >= 15 is 0 Å². The van der Waals surface area contributed by atoms with Crippen molar-refractivity contribution >= 4 is 28.2 Å². The number of fused-ring (bicyclic) bond motifs is 1. The molecule has 0 radical (unpaired) electrons. The number of carbonyl (C=O) groups is 1. The van der Waals surface area contributed by atoms with E-state index in [0.717, 1.165) is 15.6 Å². The molecule has 0 bridgehead atoms. The van der Waals surface area contributed by atoms with Crippen LogP contribution in [0.15, 0.2) is 24.5 Å². The predicted molar refractivity (Wildman–Crippen MR) is 71.0 cm³/mol. The Morgan fingerprint density at radius 1 is 1.56 bits per heavy atom. The fraction of sp³-hybridized carbons (Fsp3) is 0.250. The Kier molecular flexibility index (Phi) is 2.71. The maximum atomic E-state index is 11.7. The van der Waals surface area contributed by atoms with Crippen LogP contribution < -0.4 is 10.6 Å². The number of anilines is 2. The van der Waals surface area contributed by atoms with E-state index in [2.05, 4.69) is 20.6 Å². The van der Waals surface area contributed by atoms with Crippen LogP contribution in [-0.4, -0.2) is 22.9 Å². The van der Waals surface area contributed by atoms with Gasteiger partial charge in [0.1, 0.15) is 5.82 Å². The molecule has 0 aromatic carbocycles. The third-order valence-electron chi connectivity index (χ3n) is 2.92. The van der Waals surface area contributed by atoms with Crippen LogP contribution in [-0.2, 0) is 4.79 Å². The monoisotopic (exact) mass is 260 g/mol. The van der Waals surface area contributed by atoms with Crippen molar-refractivity contribution in [1.29, 1.82) is 0 Å². The number of hydrogen-bond acceptors (Lipinski definition) is 5. The van der Waals surface area contributed by atoms with E-state index in [4.69, 9.17) is 0 Å². The molecule has 1 aliphatic heterocycles. The minimum Gasteiger partial charge on any atom is -0.365 e. The van der Waals surface area contributed by atoms with Gasteiger partial charge in [0.2, 0.25) is 5.91 Å². The first-order chi connectivity index (χ1) is 8.78. The van der Waals surface area contributed by atoms with E-state index in [1.807, 2.05) is 25.4 Å². The molecule has 5 nitrogen and oxygen atoms in total. The number of rotatable bonds is 2. The van der Waals surface area contributed by atoms with Gasteiger partial charge < -0.3 is 10.6 Å². The van der Waals surface area contributed by atoms with Gasteiger partial charge in [0.05, 0.1) is 4.88 Å². The second kappa shape index (κ2) is 4.38. The first-order valence-electron chi connectivity index (χ1n) is 5.66. The Morgan fingerprint density at radius 3 is 3.17 bits per heavy atom. The summed E-state index contributed by atoms with van der Waals surface area (Å²) < 4.78 is 0. The van der Waals surface area contributed by atoms with Crippen molar-refractivity contribution in [3.05, 3.63) is 35.0 Å². The highest BCUT2D eigenvalue weighted by atomic mass is 32.1. The highest BCUT2D eigenvalue weighted by Crippen LogP contribution is 2.41.